The summed E-state index contributed by atoms with van der Waals surface area (Å²) < 4.78 is 0. The third-order valence-electron chi connectivity index (χ3n) is 4.49. The van der Waals surface area contributed by atoms with Crippen molar-refractivity contribution in [2.45, 2.75) is 31.8 Å². The first kappa shape index (κ1) is 14.4. The van der Waals surface area contributed by atoms with Crippen LogP contribution in [0.5, 0.6) is 0 Å². The van der Waals surface area contributed by atoms with E-state index in [0.29, 0.717) is 5.69 Å². The zero-order valence-corrected chi connectivity index (χ0v) is 12.6. The molecule has 1 aromatic carbocycles. The Morgan fingerprint density at radius 1 is 1.29 bits per heavy atom. The van der Waals surface area contributed by atoms with Gasteiger partial charge in [0.1, 0.15) is 0 Å². The minimum Gasteiger partial charge on any atom is -0.399 e. The Balaban J connectivity index is 1.52. The van der Waals surface area contributed by atoms with E-state index in [1.165, 1.54) is 12.8 Å². The van der Waals surface area contributed by atoms with E-state index in [-0.39, 0.29) is 11.9 Å². The van der Waals surface area contributed by atoms with Gasteiger partial charge in [-0.05, 0) is 38.0 Å². The fourth-order valence-electron chi connectivity index (χ4n) is 2.96. The lowest BCUT2D eigenvalue weighted by Gasteiger charge is -2.37. The molecule has 5 heteroatoms. The number of carbonyl (C=O) groups is 1. The first-order valence-corrected chi connectivity index (χ1v) is 7.78. The van der Waals surface area contributed by atoms with Crippen LogP contribution >= 0.6 is 0 Å². The maximum atomic E-state index is 12.3. The normalized spacial score (nSPS) is 22.0. The number of carbonyl (C=O) groups excluding carboxylic acids is 1. The minimum absolute atomic E-state index is 0.0421. The molecule has 1 amide bonds. The predicted molar refractivity (Wildman–Crippen MR) is 85.1 cm³/mol. The summed E-state index contributed by atoms with van der Waals surface area (Å²) in [5.74, 6) is 0.0421. The van der Waals surface area contributed by atoms with Gasteiger partial charge in [-0.15, -0.1) is 0 Å². The zero-order chi connectivity index (χ0) is 14.8. The Labute approximate surface area is 126 Å². The second-order valence-corrected chi connectivity index (χ2v) is 6.09. The van der Waals surface area contributed by atoms with Gasteiger partial charge in [0.2, 0.25) is 5.91 Å². The van der Waals surface area contributed by atoms with Crippen molar-refractivity contribution in [2.24, 2.45) is 0 Å². The van der Waals surface area contributed by atoms with Crippen LogP contribution in [0.15, 0.2) is 24.3 Å². The Bertz CT molecular complexity index is 507. The van der Waals surface area contributed by atoms with Crippen molar-refractivity contribution in [1.82, 2.24) is 9.80 Å². The second-order valence-electron chi connectivity index (χ2n) is 6.09. The number of hydrogen-bond donors (Lipinski definition) is 2. The van der Waals surface area contributed by atoms with E-state index in [9.17, 15) is 4.79 Å². The van der Waals surface area contributed by atoms with E-state index in [2.05, 4.69) is 15.1 Å². The molecule has 5 nitrogen and oxygen atoms in total. The van der Waals surface area contributed by atoms with Gasteiger partial charge in [0, 0.05) is 43.6 Å². The number of rotatable bonds is 4. The van der Waals surface area contributed by atoms with Gasteiger partial charge in [-0.3, -0.25) is 14.6 Å². The molecular weight excluding hydrogens is 264 g/mol. The average Bonchev–Trinajstić information content (AvgIpc) is 3.31. The molecule has 0 radical (unpaired) electrons. The molecule has 1 aliphatic heterocycles. The summed E-state index contributed by atoms with van der Waals surface area (Å²) >= 11 is 0. The highest BCUT2D eigenvalue weighted by molar-refractivity contribution is 5.94. The number of amides is 1. The number of benzene rings is 1. The Morgan fingerprint density at radius 3 is 2.62 bits per heavy atom. The lowest BCUT2D eigenvalue weighted by molar-refractivity contribution is -0.121. The summed E-state index contributed by atoms with van der Waals surface area (Å²) in [7, 11) is 0. The molecule has 1 aromatic rings. The molecule has 1 unspecified atom stereocenters. The maximum Gasteiger partial charge on any atom is 0.241 e. The standard InChI is InChI=1S/C16H24N4O/c1-12(16(21)18-14-4-2-3-13(17)11-14)19-7-9-20(10-8-19)15-5-6-15/h2-4,11-12,15H,5-10,17H2,1H3,(H,18,21). The highest BCUT2D eigenvalue weighted by Crippen LogP contribution is 2.27. The quantitative estimate of drug-likeness (QED) is 0.822. The topological polar surface area (TPSA) is 61.6 Å². The zero-order valence-electron chi connectivity index (χ0n) is 12.6. The van der Waals surface area contributed by atoms with Gasteiger partial charge < -0.3 is 11.1 Å². The molecule has 2 fully saturated rings. The van der Waals surface area contributed by atoms with Crippen molar-refractivity contribution >= 4 is 17.3 Å². The number of anilines is 2. The number of piperazine rings is 1. The van der Waals surface area contributed by atoms with Gasteiger partial charge in [-0.2, -0.15) is 0 Å². The van der Waals surface area contributed by atoms with Crippen molar-refractivity contribution in [2.75, 3.05) is 37.2 Å². The highest BCUT2D eigenvalue weighted by Gasteiger charge is 2.33. The molecule has 3 N–H and O–H groups in total. The van der Waals surface area contributed by atoms with Crippen LogP contribution in [0.2, 0.25) is 0 Å². The van der Waals surface area contributed by atoms with Gasteiger partial charge in [0.15, 0.2) is 0 Å². The van der Waals surface area contributed by atoms with Crippen LogP contribution in [0.4, 0.5) is 11.4 Å². The molecule has 0 bridgehead atoms. The van der Waals surface area contributed by atoms with Gasteiger partial charge in [0.25, 0.3) is 0 Å². The molecule has 114 valence electrons. The van der Waals surface area contributed by atoms with E-state index in [1.54, 1.807) is 6.07 Å². The third-order valence-corrected chi connectivity index (χ3v) is 4.49. The molecule has 1 aliphatic carbocycles. The predicted octanol–water partition coefficient (Wildman–Crippen LogP) is 1.38. The Morgan fingerprint density at radius 2 is 2.00 bits per heavy atom. The monoisotopic (exact) mass is 288 g/mol. The average molecular weight is 288 g/mol. The van der Waals surface area contributed by atoms with E-state index in [4.69, 9.17) is 5.73 Å². The van der Waals surface area contributed by atoms with Crippen molar-refractivity contribution in [3.05, 3.63) is 24.3 Å². The van der Waals surface area contributed by atoms with Crippen molar-refractivity contribution in [3.63, 3.8) is 0 Å². The number of nitrogens with zero attached hydrogens (tertiary/aromatic N) is 2. The van der Waals surface area contributed by atoms with E-state index in [0.717, 1.165) is 37.9 Å². The smallest absolute Gasteiger partial charge is 0.241 e. The summed E-state index contributed by atoms with van der Waals surface area (Å²) in [5, 5.41) is 2.95. The molecule has 0 aromatic heterocycles. The summed E-state index contributed by atoms with van der Waals surface area (Å²) in [4.78, 5) is 17.2. The molecule has 1 saturated carbocycles. The van der Waals surface area contributed by atoms with Crippen LogP contribution < -0.4 is 11.1 Å². The molecule has 3 rings (SSSR count). The van der Waals surface area contributed by atoms with Crippen LogP contribution in [-0.2, 0) is 4.79 Å². The number of nitrogen functional groups attached to an aromatic ring is 1. The third kappa shape index (κ3) is 3.54. The molecular formula is C16H24N4O. The van der Waals surface area contributed by atoms with Crippen LogP contribution in [0.1, 0.15) is 19.8 Å². The molecule has 1 atom stereocenters. The van der Waals surface area contributed by atoms with Crippen LogP contribution in [-0.4, -0.2) is 54.0 Å². The van der Waals surface area contributed by atoms with Crippen LogP contribution in [0.25, 0.3) is 0 Å². The molecule has 0 spiro atoms. The fourth-order valence-corrected chi connectivity index (χ4v) is 2.96. The minimum atomic E-state index is -0.104. The Hall–Kier alpha value is -1.59. The van der Waals surface area contributed by atoms with Crippen molar-refractivity contribution < 1.29 is 4.79 Å². The number of nitrogens with one attached hydrogen (secondary N) is 1. The van der Waals surface area contributed by atoms with Gasteiger partial charge in [-0.1, -0.05) is 6.07 Å². The van der Waals surface area contributed by atoms with E-state index >= 15 is 0 Å². The first-order valence-electron chi connectivity index (χ1n) is 7.78. The van der Waals surface area contributed by atoms with Crippen molar-refractivity contribution in [3.8, 4) is 0 Å². The van der Waals surface area contributed by atoms with E-state index < -0.39 is 0 Å². The molecule has 1 saturated heterocycles. The van der Waals surface area contributed by atoms with Gasteiger partial charge in [-0.25, -0.2) is 0 Å². The summed E-state index contributed by atoms with van der Waals surface area (Å²) in [6.07, 6.45) is 2.71. The van der Waals surface area contributed by atoms with Crippen LogP contribution in [0, 0.1) is 0 Å². The fraction of sp³-hybridized carbons (Fsp3) is 0.562. The molecule has 1 heterocycles. The molecule has 21 heavy (non-hydrogen) atoms. The Kier molecular flexibility index (Phi) is 4.12. The maximum absolute atomic E-state index is 12.3. The summed E-state index contributed by atoms with van der Waals surface area (Å²) in [5.41, 5.74) is 7.17. The highest BCUT2D eigenvalue weighted by atomic mass is 16.2. The number of nitrogens with two attached hydrogens (primary N) is 1. The van der Waals surface area contributed by atoms with Crippen LogP contribution in [0.3, 0.4) is 0 Å². The lowest BCUT2D eigenvalue weighted by atomic mass is 10.2. The first-order chi connectivity index (χ1) is 10.1. The number of hydrogen-bond acceptors (Lipinski definition) is 4. The summed E-state index contributed by atoms with van der Waals surface area (Å²) in [6.45, 7) is 6.10. The lowest BCUT2D eigenvalue weighted by Crippen LogP contribution is -2.53. The van der Waals surface area contributed by atoms with Gasteiger partial charge >= 0.3 is 0 Å². The van der Waals surface area contributed by atoms with E-state index in [1.807, 2.05) is 25.1 Å². The summed E-state index contributed by atoms with van der Waals surface area (Å²) in [6, 6.07) is 8.04. The SMILES string of the molecule is CC(C(=O)Nc1cccc(N)c1)N1CCN(C2CC2)CC1. The largest absolute Gasteiger partial charge is 0.399 e. The second kappa shape index (κ2) is 6.03. The van der Waals surface area contributed by atoms with Gasteiger partial charge in [0.05, 0.1) is 6.04 Å². The van der Waals surface area contributed by atoms with Crippen molar-refractivity contribution in [1.29, 1.82) is 0 Å². The molecule has 2 aliphatic rings.